The summed E-state index contributed by atoms with van der Waals surface area (Å²) in [5.41, 5.74) is 0.656. The van der Waals surface area contributed by atoms with Crippen molar-refractivity contribution in [3.8, 4) is 11.4 Å². The van der Waals surface area contributed by atoms with Crippen molar-refractivity contribution in [1.29, 1.82) is 0 Å². The summed E-state index contributed by atoms with van der Waals surface area (Å²) < 4.78 is 26.0. The third kappa shape index (κ3) is 4.00. The van der Waals surface area contributed by atoms with Gasteiger partial charge in [0.05, 0.1) is 11.0 Å². The molecule has 0 aliphatic rings. The molecule has 20 heavy (non-hydrogen) atoms. The van der Waals surface area contributed by atoms with E-state index in [1.54, 1.807) is 12.1 Å². The van der Waals surface area contributed by atoms with E-state index in [1.807, 2.05) is 0 Å². The third-order valence-corrected chi connectivity index (χ3v) is 3.78. The molecule has 0 aliphatic heterocycles. The summed E-state index contributed by atoms with van der Waals surface area (Å²) in [5.74, 6) is 0.390. The van der Waals surface area contributed by atoms with E-state index in [1.165, 1.54) is 19.1 Å². The maximum atomic E-state index is 11.9. The number of aliphatic hydroxyl groups is 1. The number of sulfonamides is 1. The van der Waals surface area contributed by atoms with Gasteiger partial charge >= 0.3 is 0 Å². The molecule has 3 N–H and O–H groups in total. The van der Waals surface area contributed by atoms with Gasteiger partial charge in [0.1, 0.15) is 0 Å². The molecule has 0 unspecified atom stereocenters. The molecule has 0 saturated carbocycles. The minimum Gasteiger partial charge on any atom is -0.392 e. The standard InChI is InChI=1S/C10H13N5O3S.H2S/c1-7(16)6-11-19(17,18)9-4-2-8(3-5-9)10-12-14-15-13-10;/h2-5,7,11,16H,6H2,1H3,(H,12,13,14,15);1H2/t7-;/m0./s1. The zero-order valence-corrected chi connectivity index (χ0v) is 12.4. The minimum absolute atomic E-state index is 0. The molecule has 0 spiro atoms. The largest absolute Gasteiger partial charge is 0.392 e. The molecule has 2 rings (SSSR count). The molecule has 10 heteroatoms. The molecule has 1 atom stereocenters. The van der Waals surface area contributed by atoms with Crippen molar-refractivity contribution in [3.63, 3.8) is 0 Å². The maximum Gasteiger partial charge on any atom is 0.240 e. The SMILES string of the molecule is C[C@H](O)CNS(=O)(=O)c1ccc(-c2nn[nH]n2)cc1.S. The smallest absolute Gasteiger partial charge is 0.240 e. The fourth-order valence-electron chi connectivity index (χ4n) is 1.38. The lowest BCUT2D eigenvalue weighted by Crippen LogP contribution is -2.30. The summed E-state index contributed by atoms with van der Waals surface area (Å²) in [5, 5.41) is 22.4. The first-order valence-corrected chi connectivity index (χ1v) is 6.99. The number of rotatable bonds is 5. The van der Waals surface area contributed by atoms with Gasteiger partial charge in [-0.3, -0.25) is 0 Å². The number of aliphatic hydroxyl groups excluding tert-OH is 1. The Hall–Kier alpha value is -1.49. The fourth-order valence-corrected chi connectivity index (χ4v) is 2.50. The van der Waals surface area contributed by atoms with E-state index < -0.39 is 16.1 Å². The number of aromatic nitrogens is 4. The van der Waals surface area contributed by atoms with Crippen LogP contribution in [-0.2, 0) is 10.0 Å². The van der Waals surface area contributed by atoms with Crippen molar-refractivity contribution < 1.29 is 13.5 Å². The Kier molecular flexibility index (Phi) is 5.62. The Morgan fingerprint density at radius 2 is 2.00 bits per heavy atom. The van der Waals surface area contributed by atoms with Crippen LogP contribution in [0.5, 0.6) is 0 Å². The molecule has 0 fully saturated rings. The number of nitrogens with zero attached hydrogens (tertiary/aromatic N) is 3. The topological polar surface area (TPSA) is 121 Å². The third-order valence-electron chi connectivity index (χ3n) is 2.34. The van der Waals surface area contributed by atoms with E-state index in [4.69, 9.17) is 5.11 Å². The zero-order chi connectivity index (χ0) is 13.9. The van der Waals surface area contributed by atoms with Gasteiger partial charge in [0, 0.05) is 12.1 Å². The monoisotopic (exact) mass is 317 g/mol. The van der Waals surface area contributed by atoms with Gasteiger partial charge in [0.2, 0.25) is 15.8 Å². The summed E-state index contributed by atoms with van der Waals surface area (Å²) in [4.78, 5) is 0.111. The fraction of sp³-hybridized carbons (Fsp3) is 0.300. The Bertz CT molecular complexity index is 625. The first-order valence-electron chi connectivity index (χ1n) is 5.50. The molecule has 2 aromatic rings. The number of tetrazole rings is 1. The Morgan fingerprint density at radius 3 is 2.50 bits per heavy atom. The number of H-pyrrole nitrogens is 1. The highest BCUT2D eigenvalue weighted by molar-refractivity contribution is 7.89. The second-order valence-corrected chi connectivity index (χ2v) is 5.73. The zero-order valence-electron chi connectivity index (χ0n) is 10.6. The molecule has 1 aromatic heterocycles. The number of benzene rings is 1. The van der Waals surface area contributed by atoms with Gasteiger partial charge < -0.3 is 5.11 Å². The Balaban J connectivity index is 0.00000200. The van der Waals surface area contributed by atoms with E-state index in [2.05, 4.69) is 25.3 Å². The summed E-state index contributed by atoms with van der Waals surface area (Å²) in [7, 11) is -3.62. The predicted octanol–water partition coefficient (Wildman–Crippen LogP) is -0.361. The van der Waals surface area contributed by atoms with Crippen LogP contribution in [-0.4, -0.2) is 46.8 Å². The molecule has 1 aromatic carbocycles. The van der Waals surface area contributed by atoms with Crippen LogP contribution in [0.4, 0.5) is 0 Å². The van der Waals surface area contributed by atoms with Crippen LogP contribution >= 0.6 is 13.5 Å². The van der Waals surface area contributed by atoms with Gasteiger partial charge in [0.25, 0.3) is 0 Å². The second kappa shape index (κ2) is 6.79. The summed E-state index contributed by atoms with van der Waals surface area (Å²) in [6.45, 7) is 1.47. The second-order valence-electron chi connectivity index (χ2n) is 3.96. The molecule has 0 aliphatic carbocycles. The number of nitrogens with one attached hydrogen (secondary N) is 2. The lowest BCUT2D eigenvalue weighted by Gasteiger charge is -2.08. The van der Waals surface area contributed by atoms with Gasteiger partial charge in [-0.1, -0.05) is 0 Å². The molecule has 110 valence electrons. The average Bonchev–Trinajstić information content (AvgIpc) is 2.91. The van der Waals surface area contributed by atoms with E-state index in [0.29, 0.717) is 11.4 Å². The molecule has 8 nitrogen and oxygen atoms in total. The summed E-state index contributed by atoms with van der Waals surface area (Å²) >= 11 is 0. The van der Waals surface area contributed by atoms with Crippen LogP contribution in [0.25, 0.3) is 11.4 Å². The molecule has 1 heterocycles. The van der Waals surface area contributed by atoms with Crippen LogP contribution in [0, 0.1) is 0 Å². The van der Waals surface area contributed by atoms with Crippen molar-refractivity contribution in [1.82, 2.24) is 25.3 Å². The van der Waals surface area contributed by atoms with Crippen LogP contribution < -0.4 is 4.72 Å². The lowest BCUT2D eigenvalue weighted by molar-refractivity contribution is 0.198. The first-order chi connectivity index (χ1) is 8.99. The average molecular weight is 317 g/mol. The molecule has 0 amide bonds. The van der Waals surface area contributed by atoms with Crippen molar-refractivity contribution >= 4 is 23.5 Å². The van der Waals surface area contributed by atoms with Gasteiger partial charge in [-0.2, -0.15) is 18.7 Å². The molecule has 0 bridgehead atoms. The minimum atomic E-state index is -3.62. The molecule has 0 saturated heterocycles. The quantitative estimate of drug-likeness (QED) is 0.692. The molecular weight excluding hydrogens is 302 g/mol. The lowest BCUT2D eigenvalue weighted by atomic mass is 10.2. The number of hydrogen-bond donors (Lipinski definition) is 3. The summed E-state index contributed by atoms with van der Waals surface area (Å²) in [6, 6.07) is 6.05. The van der Waals surface area contributed by atoms with E-state index in [0.717, 1.165) is 0 Å². The van der Waals surface area contributed by atoms with Crippen molar-refractivity contribution in [2.75, 3.05) is 6.54 Å². The maximum absolute atomic E-state index is 11.9. The highest BCUT2D eigenvalue weighted by atomic mass is 32.2. The van der Waals surface area contributed by atoms with Gasteiger partial charge in [0.15, 0.2) is 0 Å². The van der Waals surface area contributed by atoms with E-state index >= 15 is 0 Å². The van der Waals surface area contributed by atoms with Gasteiger partial charge in [-0.25, -0.2) is 13.1 Å². The summed E-state index contributed by atoms with van der Waals surface area (Å²) in [6.07, 6.45) is -0.742. The van der Waals surface area contributed by atoms with Gasteiger partial charge in [-0.15, -0.1) is 10.2 Å². The van der Waals surface area contributed by atoms with E-state index in [-0.39, 0.29) is 24.9 Å². The van der Waals surface area contributed by atoms with Crippen molar-refractivity contribution in [3.05, 3.63) is 24.3 Å². The number of aromatic amines is 1. The van der Waals surface area contributed by atoms with Crippen LogP contribution in [0.1, 0.15) is 6.92 Å². The first kappa shape index (κ1) is 16.6. The Morgan fingerprint density at radius 1 is 1.35 bits per heavy atom. The molecular formula is C10H15N5O3S2. The highest BCUT2D eigenvalue weighted by Crippen LogP contribution is 2.16. The van der Waals surface area contributed by atoms with Crippen LogP contribution in [0.2, 0.25) is 0 Å². The highest BCUT2D eigenvalue weighted by Gasteiger charge is 2.14. The Labute approximate surface area is 123 Å². The predicted molar refractivity (Wildman–Crippen MR) is 76.9 cm³/mol. The van der Waals surface area contributed by atoms with Crippen LogP contribution in [0.15, 0.2) is 29.2 Å². The molecule has 0 radical (unpaired) electrons. The number of hydrogen-bond acceptors (Lipinski definition) is 6. The van der Waals surface area contributed by atoms with E-state index in [9.17, 15) is 8.42 Å². The van der Waals surface area contributed by atoms with Crippen molar-refractivity contribution in [2.24, 2.45) is 0 Å². The van der Waals surface area contributed by atoms with Gasteiger partial charge in [-0.05, 0) is 36.4 Å². The normalized spacial score (nSPS) is 12.7. The van der Waals surface area contributed by atoms with Crippen molar-refractivity contribution in [2.45, 2.75) is 17.9 Å². The van der Waals surface area contributed by atoms with Crippen LogP contribution in [0.3, 0.4) is 0 Å².